The number of nitrogens with one attached hydrogen (secondary N) is 6. The molecule has 0 radical (unpaired) electrons. The van der Waals surface area contributed by atoms with Gasteiger partial charge in [0, 0.05) is 17.3 Å². The minimum Gasteiger partial charge on any atom is -0.448 e. The van der Waals surface area contributed by atoms with E-state index in [0.29, 0.717) is 31.7 Å². The molecule has 51 heavy (non-hydrogen) atoms. The lowest BCUT2D eigenvalue weighted by molar-refractivity contribution is -0.152. The lowest BCUT2D eigenvalue weighted by Crippen LogP contribution is -2.22. The van der Waals surface area contributed by atoms with E-state index in [2.05, 4.69) is 40.0 Å². The topological polar surface area (TPSA) is 136 Å². The Morgan fingerprint density at radius 3 is 2.16 bits per heavy atom. The van der Waals surface area contributed by atoms with Crippen molar-refractivity contribution in [1.29, 1.82) is 0 Å². The van der Waals surface area contributed by atoms with Crippen molar-refractivity contribution >= 4 is 79.6 Å². The van der Waals surface area contributed by atoms with Crippen molar-refractivity contribution in [2.45, 2.75) is 22.1 Å². The maximum Gasteiger partial charge on any atom is 0.449 e. The Morgan fingerprint density at radius 2 is 1.45 bits per heavy atom. The summed E-state index contributed by atoms with van der Waals surface area (Å²) in [5.74, 6) is -0.0150. The van der Waals surface area contributed by atoms with Gasteiger partial charge in [0.25, 0.3) is 0 Å². The molecular formula is C34H25Cl2F3N8O2S2. The molecule has 6 N–H and O–H groups in total. The van der Waals surface area contributed by atoms with Gasteiger partial charge in [0.2, 0.25) is 5.76 Å². The SMILES string of the molecule is FC(F)(F)c1ccc(-c2nc3ccc(SNc4ccccc4Cl)cc3[nH]2)o1.O=S(Nc1ccccc1Cl)c1ccc2nc(C3NC=CN3)[nH]c2c1. The molecular weight excluding hydrogens is 744 g/mol. The molecule has 0 saturated carbocycles. The smallest absolute Gasteiger partial charge is 0.448 e. The zero-order valence-corrected chi connectivity index (χ0v) is 29.0. The third kappa shape index (κ3) is 7.96. The van der Waals surface area contributed by atoms with Crippen LogP contribution in [-0.4, -0.2) is 24.1 Å². The van der Waals surface area contributed by atoms with Crippen LogP contribution in [0, 0.1) is 0 Å². The van der Waals surface area contributed by atoms with Gasteiger partial charge in [-0.1, -0.05) is 47.5 Å². The number of halogens is 5. The minimum absolute atomic E-state index is 0.0296. The Kier molecular flexibility index (Phi) is 9.86. The normalized spacial score (nSPS) is 13.4. The molecule has 1 atom stereocenters. The third-order valence-corrected chi connectivity index (χ3v) is 9.93. The molecule has 8 rings (SSSR count). The summed E-state index contributed by atoms with van der Waals surface area (Å²) in [4.78, 5) is 16.6. The molecule has 0 spiro atoms. The molecule has 17 heteroatoms. The number of imidazole rings is 2. The lowest BCUT2D eigenvalue weighted by Gasteiger charge is -2.08. The van der Waals surface area contributed by atoms with Crippen molar-refractivity contribution in [1.82, 2.24) is 30.6 Å². The van der Waals surface area contributed by atoms with Crippen molar-refractivity contribution in [3.63, 3.8) is 0 Å². The van der Waals surface area contributed by atoms with Gasteiger partial charge < -0.3 is 29.7 Å². The van der Waals surface area contributed by atoms with Crippen molar-refractivity contribution in [2.75, 3.05) is 9.44 Å². The molecule has 3 aromatic heterocycles. The van der Waals surface area contributed by atoms with E-state index >= 15 is 0 Å². The second kappa shape index (κ2) is 14.6. The first-order chi connectivity index (χ1) is 24.6. The molecule has 0 fully saturated rings. The molecule has 1 aliphatic rings. The highest BCUT2D eigenvalue weighted by Crippen LogP contribution is 2.34. The largest absolute Gasteiger partial charge is 0.449 e. The lowest BCUT2D eigenvalue weighted by atomic mass is 10.3. The first-order valence-electron chi connectivity index (χ1n) is 15.0. The zero-order valence-electron chi connectivity index (χ0n) is 25.9. The molecule has 10 nitrogen and oxygen atoms in total. The van der Waals surface area contributed by atoms with Crippen LogP contribution in [0.3, 0.4) is 0 Å². The third-order valence-electron chi connectivity index (χ3n) is 7.37. The van der Waals surface area contributed by atoms with Gasteiger partial charge in [-0.3, -0.25) is 4.72 Å². The van der Waals surface area contributed by atoms with Crippen LogP contribution in [0.5, 0.6) is 0 Å². The molecule has 1 aliphatic heterocycles. The Hall–Kier alpha value is -5.09. The summed E-state index contributed by atoms with van der Waals surface area (Å²) in [6.45, 7) is 0. The quantitative estimate of drug-likeness (QED) is 0.0842. The predicted octanol–water partition coefficient (Wildman–Crippen LogP) is 9.63. The van der Waals surface area contributed by atoms with Crippen molar-refractivity contribution < 1.29 is 21.8 Å². The van der Waals surface area contributed by atoms with E-state index in [4.69, 9.17) is 27.6 Å². The van der Waals surface area contributed by atoms with E-state index < -0.39 is 22.9 Å². The zero-order chi connectivity index (χ0) is 35.5. The summed E-state index contributed by atoms with van der Waals surface area (Å²) >= 11 is 13.6. The molecule has 4 aromatic carbocycles. The number of hydrogen-bond donors (Lipinski definition) is 6. The second-order valence-corrected chi connectivity index (χ2v) is 13.8. The highest BCUT2D eigenvalue weighted by molar-refractivity contribution is 8.00. The molecule has 0 aliphatic carbocycles. The Balaban J connectivity index is 0.000000160. The van der Waals surface area contributed by atoms with E-state index in [-0.39, 0.29) is 17.8 Å². The van der Waals surface area contributed by atoms with Gasteiger partial charge in [-0.15, -0.1) is 0 Å². The molecule has 1 unspecified atom stereocenters. The number of rotatable bonds is 8. The number of furan rings is 1. The van der Waals surface area contributed by atoms with Crippen LogP contribution in [0.2, 0.25) is 10.0 Å². The van der Waals surface area contributed by atoms with Crippen LogP contribution < -0.4 is 20.1 Å². The minimum atomic E-state index is -4.53. The number of H-pyrrole nitrogens is 2. The second-order valence-electron chi connectivity index (χ2n) is 10.9. The van der Waals surface area contributed by atoms with Gasteiger partial charge in [0.05, 0.1) is 48.4 Å². The van der Waals surface area contributed by atoms with Crippen LogP contribution in [0.25, 0.3) is 33.7 Å². The van der Waals surface area contributed by atoms with Crippen LogP contribution in [0.1, 0.15) is 17.8 Å². The maximum atomic E-state index is 12.7. The first-order valence-corrected chi connectivity index (χ1v) is 17.8. The number of para-hydroxylation sites is 2. The number of hydrogen-bond acceptors (Lipinski definition) is 8. The Morgan fingerprint density at radius 1 is 0.784 bits per heavy atom. The summed E-state index contributed by atoms with van der Waals surface area (Å²) < 4.78 is 61.5. The Bertz CT molecular complexity index is 2390. The number of benzene rings is 4. The monoisotopic (exact) mass is 768 g/mol. The van der Waals surface area contributed by atoms with Crippen LogP contribution in [-0.2, 0) is 17.2 Å². The fourth-order valence-electron chi connectivity index (χ4n) is 4.90. The Labute approximate surface area is 305 Å². The highest BCUT2D eigenvalue weighted by atomic mass is 35.5. The van der Waals surface area contributed by atoms with Crippen LogP contribution >= 0.6 is 35.1 Å². The van der Waals surface area contributed by atoms with E-state index in [1.54, 1.807) is 30.3 Å². The van der Waals surface area contributed by atoms with E-state index in [0.717, 1.165) is 33.5 Å². The summed E-state index contributed by atoms with van der Waals surface area (Å²) in [6.07, 6.45) is -0.955. The predicted molar refractivity (Wildman–Crippen MR) is 195 cm³/mol. The van der Waals surface area contributed by atoms with Gasteiger partial charge >= 0.3 is 6.18 Å². The van der Waals surface area contributed by atoms with E-state index in [1.165, 1.54) is 18.0 Å². The van der Waals surface area contributed by atoms with Crippen molar-refractivity contribution in [2.24, 2.45) is 0 Å². The number of alkyl halides is 3. The molecule has 0 saturated heterocycles. The van der Waals surface area contributed by atoms with Crippen molar-refractivity contribution in [3.05, 3.63) is 131 Å². The maximum absolute atomic E-state index is 12.7. The highest BCUT2D eigenvalue weighted by Gasteiger charge is 2.35. The number of nitrogens with zero attached hydrogens (tertiary/aromatic N) is 2. The summed E-state index contributed by atoms with van der Waals surface area (Å²) in [7, 11) is -1.42. The van der Waals surface area contributed by atoms with Gasteiger partial charge in [0.15, 0.2) is 23.6 Å². The fourth-order valence-corrected chi connectivity index (χ4v) is 7.01. The molecule has 0 bridgehead atoms. The van der Waals surface area contributed by atoms with E-state index in [9.17, 15) is 17.4 Å². The summed E-state index contributed by atoms with van der Waals surface area (Å²) in [5.41, 5.74) is 4.36. The van der Waals surface area contributed by atoms with Gasteiger partial charge in [0.1, 0.15) is 11.0 Å². The average molecular weight is 770 g/mol. The number of anilines is 2. The van der Waals surface area contributed by atoms with Gasteiger partial charge in [-0.05, 0) is 84.7 Å². The molecule has 260 valence electrons. The van der Waals surface area contributed by atoms with Crippen LogP contribution in [0.4, 0.5) is 24.5 Å². The summed E-state index contributed by atoms with van der Waals surface area (Å²) in [6, 6.07) is 27.6. The average Bonchev–Trinajstić information content (AvgIpc) is 3.94. The number of fused-ring (bicyclic) bond motifs is 2. The van der Waals surface area contributed by atoms with Crippen LogP contribution in [0.15, 0.2) is 124 Å². The number of aromatic amines is 2. The standard InChI is InChI=1S/C18H11ClF3N3OS.C16H14ClN5OS/c19-11-3-1-2-4-12(11)25-27-10-5-6-13-14(9-10)24-17(23-13)15-7-8-16(26-15)18(20,21)22;17-11-3-1-2-4-12(11)22-24(23)10-5-6-13-14(9-10)21-16(20-13)15-18-7-8-19-15/h1-9,25H,(H,23,24);1-9,15,18-19,22H,(H,20,21). The first kappa shape index (κ1) is 34.4. The molecule has 7 aromatic rings. The summed E-state index contributed by atoms with van der Waals surface area (Å²) in [5, 5.41) is 7.41. The van der Waals surface area contributed by atoms with Gasteiger partial charge in [-0.2, -0.15) is 13.2 Å². The number of aromatic nitrogens is 4. The molecule has 0 amide bonds. The van der Waals surface area contributed by atoms with Crippen molar-refractivity contribution in [3.8, 4) is 11.6 Å². The van der Waals surface area contributed by atoms with E-state index in [1.807, 2.05) is 67.0 Å². The fraction of sp³-hybridized carbons (Fsp3) is 0.0588. The molecule has 4 heterocycles. The van der Waals surface area contributed by atoms with Gasteiger partial charge in [-0.25, -0.2) is 14.2 Å².